The number of ketones is 1. The number of aliphatic hydroxyl groups excluding tert-OH is 1. The van der Waals surface area contributed by atoms with Gasteiger partial charge in [0.15, 0.2) is 0 Å². The number of rotatable bonds is 9. The third-order valence-electron chi connectivity index (χ3n) is 1.90. The van der Waals surface area contributed by atoms with Gasteiger partial charge < -0.3 is 10.2 Å². The number of carboxylic acids is 1. The average molecular weight is 214 g/mol. The fraction of sp³-hybridized carbons (Fsp3) is 0.636. The molecular formula is C11H18O4. The Balaban J connectivity index is 3.37. The predicted octanol–water partition coefficient (Wildman–Crippen LogP) is 1.53. The highest BCUT2D eigenvalue weighted by Crippen LogP contribution is 2.02. The van der Waals surface area contributed by atoms with Gasteiger partial charge in [-0.2, -0.15) is 0 Å². The van der Waals surface area contributed by atoms with Crippen molar-refractivity contribution in [2.24, 2.45) is 0 Å². The molecule has 0 radical (unpaired) electrons. The van der Waals surface area contributed by atoms with Gasteiger partial charge in [0.1, 0.15) is 5.78 Å². The van der Waals surface area contributed by atoms with Crippen LogP contribution in [-0.2, 0) is 9.59 Å². The van der Waals surface area contributed by atoms with Crippen LogP contribution in [0.3, 0.4) is 0 Å². The first-order valence-electron chi connectivity index (χ1n) is 5.16. The quantitative estimate of drug-likeness (QED) is 0.571. The third kappa shape index (κ3) is 10.8. The lowest BCUT2D eigenvalue weighted by molar-refractivity contribution is -0.137. The Labute approximate surface area is 89.6 Å². The van der Waals surface area contributed by atoms with E-state index in [4.69, 9.17) is 10.2 Å². The molecule has 0 aliphatic rings. The molecule has 0 bridgehead atoms. The van der Waals surface area contributed by atoms with E-state index in [-0.39, 0.29) is 18.8 Å². The lowest BCUT2D eigenvalue weighted by atomic mass is 10.1. The highest BCUT2D eigenvalue weighted by molar-refractivity contribution is 5.79. The van der Waals surface area contributed by atoms with E-state index < -0.39 is 5.97 Å². The Hall–Kier alpha value is -1.16. The van der Waals surface area contributed by atoms with Crippen LogP contribution in [0.1, 0.15) is 38.5 Å². The third-order valence-corrected chi connectivity index (χ3v) is 1.90. The molecule has 4 heteroatoms. The summed E-state index contributed by atoms with van der Waals surface area (Å²) in [4.78, 5) is 21.3. The summed E-state index contributed by atoms with van der Waals surface area (Å²) in [5.74, 6) is -0.754. The minimum atomic E-state index is -0.856. The van der Waals surface area contributed by atoms with Gasteiger partial charge in [-0.1, -0.05) is 12.2 Å². The van der Waals surface area contributed by atoms with Gasteiger partial charge >= 0.3 is 5.97 Å². The first-order valence-corrected chi connectivity index (χ1v) is 5.16. The second kappa shape index (κ2) is 9.40. The Morgan fingerprint density at radius 3 is 2.27 bits per heavy atom. The minimum Gasteiger partial charge on any atom is -0.481 e. The van der Waals surface area contributed by atoms with Crippen LogP contribution < -0.4 is 0 Å². The van der Waals surface area contributed by atoms with E-state index in [2.05, 4.69) is 0 Å². The Kier molecular flexibility index (Phi) is 8.67. The SMILES string of the molecule is O=C(O)CCCC(=O)CCC=CCCO. The highest BCUT2D eigenvalue weighted by Gasteiger charge is 2.02. The summed E-state index contributed by atoms with van der Waals surface area (Å²) in [6.45, 7) is 0.128. The minimum absolute atomic E-state index is 0.0616. The Morgan fingerprint density at radius 1 is 1.00 bits per heavy atom. The molecule has 0 aliphatic carbocycles. The van der Waals surface area contributed by atoms with Gasteiger partial charge in [-0.25, -0.2) is 0 Å². The van der Waals surface area contributed by atoms with Gasteiger partial charge in [-0.05, 0) is 19.3 Å². The molecule has 0 aromatic rings. The lowest BCUT2D eigenvalue weighted by Crippen LogP contribution is -2.00. The van der Waals surface area contributed by atoms with Crippen molar-refractivity contribution in [2.45, 2.75) is 38.5 Å². The largest absolute Gasteiger partial charge is 0.481 e. The van der Waals surface area contributed by atoms with E-state index >= 15 is 0 Å². The summed E-state index contributed by atoms with van der Waals surface area (Å²) >= 11 is 0. The zero-order valence-electron chi connectivity index (χ0n) is 8.82. The monoisotopic (exact) mass is 214 g/mol. The lowest BCUT2D eigenvalue weighted by Gasteiger charge is -1.96. The van der Waals surface area contributed by atoms with Gasteiger partial charge in [-0.15, -0.1) is 0 Å². The number of carbonyl (C=O) groups is 2. The normalized spacial score (nSPS) is 10.7. The predicted molar refractivity (Wildman–Crippen MR) is 56.6 cm³/mol. The molecular weight excluding hydrogens is 196 g/mol. The van der Waals surface area contributed by atoms with Crippen LogP contribution >= 0.6 is 0 Å². The number of hydrogen-bond acceptors (Lipinski definition) is 3. The van der Waals surface area contributed by atoms with Crippen LogP contribution in [0.15, 0.2) is 12.2 Å². The van der Waals surface area contributed by atoms with Crippen molar-refractivity contribution in [1.82, 2.24) is 0 Å². The molecule has 2 N–H and O–H groups in total. The van der Waals surface area contributed by atoms with Crippen LogP contribution in [0.5, 0.6) is 0 Å². The van der Waals surface area contributed by atoms with Gasteiger partial charge in [-0.3, -0.25) is 9.59 Å². The molecule has 0 aromatic carbocycles. The highest BCUT2D eigenvalue weighted by atomic mass is 16.4. The van der Waals surface area contributed by atoms with Crippen molar-refractivity contribution < 1.29 is 19.8 Å². The molecule has 0 fully saturated rings. The summed E-state index contributed by atoms with van der Waals surface area (Å²) in [7, 11) is 0. The Bertz CT molecular complexity index is 221. The van der Waals surface area contributed by atoms with Gasteiger partial charge in [0.25, 0.3) is 0 Å². The zero-order valence-corrected chi connectivity index (χ0v) is 8.82. The second-order valence-corrected chi connectivity index (χ2v) is 3.31. The number of hydrogen-bond donors (Lipinski definition) is 2. The van der Waals surface area contributed by atoms with E-state index in [1.54, 1.807) is 0 Å². The fourth-order valence-electron chi connectivity index (χ4n) is 1.12. The molecule has 0 aliphatic heterocycles. The molecule has 86 valence electrons. The molecule has 0 amide bonds. The maximum absolute atomic E-state index is 11.2. The van der Waals surface area contributed by atoms with E-state index in [9.17, 15) is 9.59 Å². The van der Waals surface area contributed by atoms with E-state index in [0.29, 0.717) is 32.1 Å². The second-order valence-electron chi connectivity index (χ2n) is 3.31. The summed E-state index contributed by atoms with van der Waals surface area (Å²) in [6, 6.07) is 0. The molecule has 0 spiro atoms. The molecule has 4 nitrogen and oxygen atoms in total. The van der Waals surface area contributed by atoms with Crippen LogP contribution in [0.25, 0.3) is 0 Å². The van der Waals surface area contributed by atoms with Crippen molar-refractivity contribution in [3.05, 3.63) is 12.2 Å². The molecule has 0 aromatic heterocycles. The first kappa shape index (κ1) is 13.8. The fourth-order valence-corrected chi connectivity index (χ4v) is 1.12. The maximum atomic E-state index is 11.2. The molecule has 0 rings (SSSR count). The molecule has 0 atom stereocenters. The summed E-state index contributed by atoms with van der Waals surface area (Å²) in [5.41, 5.74) is 0. The van der Waals surface area contributed by atoms with Crippen molar-refractivity contribution in [2.75, 3.05) is 6.61 Å². The summed E-state index contributed by atoms with van der Waals surface area (Å²) in [5, 5.41) is 16.8. The van der Waals surface area contributed by atoms with Crippen molar-refractivity contribution in [1.29, 1.82) is 0 Å². The molecule has 0 heterocycles. The number of aliphatic hydroxyl groups is 1. The molecule has 0 saturated carbocycles. The van der Waals surface area contributed by atoms with E-state index in [0.717, 1.165) is 0 Å². The molecule has 15 heavy (non-hydrogen) atoms. The van der Waals surface area contributed by atoms with Gasteiger partial charge in [0.2, 0.25) is 0 Å². The number of allylic oxidation sites excluding steroid dienone is 1. The number of aliphatic carboxylic acids is 1. The molecule has 0 saturated heterocycles. The topological polar surface area (TPSA) is 74.6 Å². The Morgan fingerprint density at radius 2 is 1.67 bits per heavy atom. The van der Waals surface area contributed by atoms with Crippen molar-refractivity contribution in [3.63, 3.8) is 0 Å². The van der Waals surface area contributed by atoms with Crippen LogP contribution in [0.2, 0.25) is 0 Å². The number of Topliss-reactive ketones (excluding diaryl/α,β-unsaturated/α-hetero) is 1. The zero-order chi connectivity index (χ0) is 11.5. The van der Waals surface area contributed by atoms with Crippen molar-refractivity contribution in [3.8, 4) is 0 Å². The smallest absolute Gasteiger partial charge is 0.303 e. The summed E-state index contributed by atoms with van der Waals surface area (Å²) in [6.07, 6.45) is 6.29. The first-order chi connectivity index (χ1) is 7.16. The summed E-state index contributed by atoms with van der Waals surface area (Å²) < 4.78 is 0. The van der Waals surface area contributed by atoms with Crippen LogP contribution in [0, 0.1) is 0 Å². The van der Waals surface area contributed by atoms with Crippen molar-refractivity contribution >= 4 is 11.8 Å². The van der Waals surface area contributed by atoms with Gasteiger partial charge in [0.05, 0.1) is 0 Å². The van der Waals surface area contributed by atoms with Crippen LogP contribution in [-0.4, -0.2) is 28.6 Å². The van der Waals surface area contributed by atoms with E-state index in [1.165, 1.54) is 0 Å². The molecule has 0 unspecified atom stereocenters. The van der Waals surface area contributed by atoms with Crippen LogP contribution in [0.4, 0.5) is 0 Å². The van der Waals surface area contributed by atoms with E-state index in [1.807, 2.05) is 12.2 Å². The maximum Gasteiger partial charge on any atom is 0.303 e. The number of carboxylic acid groups (broad SMARTS) is 1. The van der Waals surface area contributed by atoms with Gasteiger partial charge in [0, 0.05) is 25.9 Å². The number of carbonyl (C=O) groups excluding carboxylic acids is 1. The standard InChI is InChI=1S/C11H18O4/c12-9-4-2-1-3-6-10(13)7-5-8-11(14)15/h1-2,12H,3-9H2,(H,14,15). The average Bonchev–Trinajstić information content (AvgIpc) is 2.17.